The number of anilines is 2. The molecule has 1 aromatic heterocycles. The van der Waals surface area contributed by atoms with E-state index in [1.54, 1.807) is 12.1 Å². The van der Waals surface area contributed by atoms with E-state index < -0.39 is 5.91 Å². The van der Waals surface area contributed by atoms with Gasteiger partial charge in [0.05, 0.1) is 5.75 Å². The van der Waals surface area contributed by atoms with E-state index in [4.69, 9.17) is 5.73 Å². The van der Waals surface area contributed by atoms with E-state index in [9.17, 15) is 9.18 Å². The average molecular weight is 284 g/mol. The Morgan fingerprint density at radius 3 is 3.06 bits per heavy atom. The molecule has 0 saturated heterocycles. The van der Waals surface area contributed by atoms with E-state index in [-0.39, 0.29) is 11.6 Å². The molecule has 8 heteroatoms. The van der Waals surface area contributed by atoms with Gasteiger partial charge in [-0.1, -0.05) is 29.2 Å². The van der Waals surface area contributed by atoms with E-state index in [1.165, 1.54) is 35.2 Å². The number of thioether (sulfide) groups is 1. The maximum absolute atomic E-state index is 13.0. The van der Waals surface area contributed by atoms with Crippen molar-refractivity contribution >= 4 is 39.8 Å². The van der Waals surface area contributed by atoms with Crippen LogP contribution in [0.25, 0.3) is 0 Å². The van der Waals surface area contributed by atoms with Crippen molar-refractivity contribution in [1.29, 1.82) is 0 Å². The molecule has 1 aromatic carbocycles. The third-order valence-electron chi connectivity index (χ3n) is 1.82. The summed E-state index contributed by atoms with van der Waals surface area (Å²) in [5.41, 5.74) is 5.62. The van der Waals surface area contributed by atoms with E-state index in [0.29, 0.717) is 15.2 Å². The zero-order valence-electron chi connectivity index (χ0n) is 9.09. The summed E-state index contributed by atoms with van der Waals surface area (Å²) in [6.45, 7) is 0. The fourth-order valence-corrected chi connectivity index (χ4v) is 2.65. The molecular formula is C10H9FN4OS2. The number of carbonyl (C=O) groups excluding carboxylic acids is 1. The number of benzene rings is 1. The smallest absolute Gasteiger partial charge is 0.227 e. The monoisotopic (exact) mass is 284 g/mol. The number of amides is 1. The molecule has 2 aromatic rings. The molecular weight excluding hydrogens is 275 g/mol. The number of nitrogens with one attached hydrogen (secondary N) is 1. The second kappa shape index (κ2) is 5.78. The Bertz CT molecular complexity index is 560. The molecule has 18 heavy (non-hydrogen) atoms. The van der Waals surface area contributed by atoms with Gasteiger partial charge in [0.2, 0.25) is 11.0 Å². The molecule has 2 rings (SSSR count). The predicted octanol–water partition coefficient (Wildman–Crippen LogP) is 2.00. The lowest BCUT2D eigenvalue weighted by atomic mass is 10.3. The van der Waals surface area contributed by atoms with Gasteiger partial charge in [-0.2, -0.15) is 0 Å². The average Bonchev–Trinajstić information content (AvgIpc) is 2.74. The minimum Gasteiger partial charge on any atom is -0.369 e. The maximum Gasteiger partial charge on any atom is 0.227 e. The fourth-order valence-electron chi connectivity index (χ4n) is 1.14. The number of carbonyl (C=O) groups is 1. The van der Waals surface area contributed by atoms with Crippen molar-refractivity contribution in [2.75, 3.05) is 11.1 Å². The quantitative estimate of drug-likeness (QED) is 0.821. The highest BCUT2D eigenvalue weighted by molar-refractivity contribution is 8.01. The van der Waals surface area contributed by atoms with E-state index in [1.807, 2.05) is 0 Å². The van der Waals surface area contributed by atoms with Gasteiger partial charge in [-0.3, -0.25) is 4.79 Å². The van der Waals surface area contributed by atoms with Crippen molar-refractivity contribution in [3.05, 3.63) is 30.1 Å². The lowest BCUT2D eigenvalue weighted by Crippen LogP contribution is -2.12. The molecule has 0 fully saturated rings. The minimum atomic E-state index is -0.408. The highest BCUT2D eigenvalue weighted by atomic mass is 32.2. The Morgan fingerprint density at radius 2 is 2.33 bits per heavy atom. The largest absolute Gasteiger partial charge is 0.369 e. The highest BCUT2D eigenvalue weighted by Crippen LogP contribution is 2.27. The van der Waals surface area contributed by atoms with Crippen LogP contribution in [0.1, 0.15) is 0 Å². The number of hydrogen-bond donors (Lipinski definition) is 2. The van der Waals surface area contributed by atoms with Crippen LogP contribution in [-0.4, -0.2) is 21.9 Å². The molecule has 0 saturated carbocycles. The van der Waals surface area contributed by atoms with Gasteiger partial charge in [-0.15, -0.1) is 10.2 Å². The molecule has 0 bridgehead atoms. The number of hydrogen-bond acceptors (Lipinski definition) is 6. The van der Waals surface area contributed by atoms with Crippen LogP contribution in [0.4, 0.5) is 15.2 Å². The molecule has 0 aliphatic rings. The van der Waals surface area contributed by atoms with Crippen molar-refractivity contribution in [3.8, 4) is 0 Å². The van der Waals surface area contributed by atoms with Crippen LogP contribution in [0, 0.1) is 5.82 Å². The first-order valence-corrected chi connectivity index (χ1v) is 6.71. The van der Waals surface area contributed by atoms with Gasteiger partial charge in [0.1, 0.15) is 5.82 Å². The predicted molar refractivity (Wildman–Crippen MR) is 69.5 cm³/mol. The summed E-state index contributed by atoms with van der Waals surface area (Å²) in [7, 11) is 0. The normalized spacial score (nSPS) is 10.3. The van der Waals surface area contributed by atoms with Gasteiger partial charge in [0.25, 0.3) is 0 Å². The van der Waals surface area contributed by atoms with Crippen molar-refractivity contribution in [3.63, 3.8) is 0 Å². The highest BCUT2D eigenvalue weighted by Gasteiger charge is 2.06. The van der Waals surface area contributed by atoms with Crippen LogP contribution in [0.3, 0.4) is 0 Å². The molecule has 1 heterocycles. The summed E-state index contributed by atoms with van der Waals surface area (Å²) in [4.78, 5) is 10.6. The Labute approximate surface area is 111 Å². The number of nitrogens with zero attached hydrogens (tertiary/aromatic N) is 2. The van der Waals surface area contributed by atoms with Gasteiger partial charge in [-0.05, 0) is 18.2 Å². The minimum absolute atomic E-state index is 0.161. The molecule has 3 N–H and O–H groups in total. The maximum atomic E-state index is 13.0. The Hall–Kier alpha value is -1.67. The summed E-state index contributed by atoms with van der Waals surface area (Å²) >= 11 is 2.49. The van der Waals surface area contributed by atoms with Crippen LogP contribution in [0.2, 0.25) is 0 Å². The van der Waals surface area contributed by atoms with Gasteiger partial charge >= 0.3 is 0 Å². The van der Waals surface area contributed by atoms with Gasteiger partial charge in [0.15, 0.2) is 4.34 Å². The summed E-state index contributed by atoms with van der Waals surface area (Å²) in [6.07, 6.45) is 0. The van der Waals surface area contributed by atoms with Crippen molar-refractivity contribution < 1.29 is 9.18 Å². The Kier molecular flexibility index (Phi) is 4.11. The zero-order valence-corrected chi connectivity index (χ0v) is 10.7. The van der Waals surface area contributed by atoms with Gasteiger partial charge in [-0.25, -0.2) is 4.39 Å². The Balaban J connectivity index is 2.00. The van der Waals surface area contributed by atoms with Crippen LogP contribution < -0.4 is 11.1 Å². The van der Waals surface area contributed by atoms with Gasteiger partial charge < -0.3 is 11.1 Å². The third-order valence-corrected chi connectivity index (χ3v) is 3.81. The van der Waals surface area contributed by atoms with E-state index in [2.05, 4.69) is 15.5 Å². The zero-order chi connectivity index (χ0) is 13.0. The lowest BCUT2D eigenvalue weighted by molar-refractivity contribution is -0.115. The van der Waals surface area contributed by atoms with Crippen molar-refractivity contribution in [2.24, 2.45) is 5.73 Å². The molecule has 0 spiro atoms. The SMILES string of the molecule is NC(=O)CSc1nnc(Nc2cccc(F)c2)s1. The van der Waals surface area contributed by atoms with Crippen LogP contribution >= 0.6 is 23.1 Å². The summed E-state index contributed by atoms with van der Waals surface area (Å²) in [5, 5.41) is 11.2. The van der Waals surface area contributed by atoms with E-state index >= 15 is 0 Å². The Morgan fingerprint density at radius 1 is 1.50 bits per heavy atom. The lowest BCUT2D eigenvalue weighted by Gasteiger charge is -2.00. The standard InChI is InChI=1S/C10H9FN4OS2/c11-6-2-1-3-7(4-6)13-9-14-15-10(18-9)17-5-8(12)16/h1-4H,5H2,(H2,12,16)(H,13,14). The summed E-state index contributed by atoms with van der Waals surface area (Å²) in [6, 6.07) is 6.04. The second-order valence-electron chi connectivity index (χ2n) is 3.26. The summed E-state index contributed by atoms with van der Waals surface area (Å²) in [5.74, 6) is -0.572. The first-order chi connectivity index (χ1) is 8.63. The molecule has 0 aliphatic carbocycles. The first kappa shape index (κ1) is 12.8. The number of rotatable bonds is 5. The number of aromatic nitrogens is 2. The van der Waals surface area contributed by atoms with Crippen LogP contribution in [0.15, 0.2) is 28.6 Å². The van der Waals surface area contributed by atoms with Crippen molar-refractivity contribution in [1.82, 2.24) is 10.2 Å². The fraction of sp³-hybridized carbons (Fsp3) is 0.100. The van der Waals surface area contributed by atoms with Crippen molar-refractivity contribution in [2.45, 2.75) is 4.34 Å². The molecule has 0 unspecified atom stereocenters. The molecule has 0 radical (unpaired) electrons. The van der Waals surface area contributed by atoms with Gasteiger partial charge in [0, 0.05) is 5.69 Å². The third kappa shape index (κ3) is 3.67. The molecule has 0 aliphatic heterocycles. The first-order valence-electron chi connectivity index (χ1n) is 4.90. The number of nitrogens with two attached hydrogens (primary N) is 1. The molecule has 1 amide bonds. The topological polar surface area (TPSA) is 80.9 Å². The van der Waals surface area contributed by atoms with E-state index in [0.717, 1.165) is 0 Å². The number of primary amides is 1. The number of halogens is 1. The molecule has 94 valence electrons. The van der Waals surface area contributed by atoms with Crippen LogP contribution in [0.5, 0.6) is 0 Å². The summed E-state index contributed by atoms with van der Waals surface area (Å²) < 4.78 is 13.6. The second-order valence-corrected chi connectivity index (χ2v) is 5.46. The molecule has 5 nitrogen and oxygen atoms in total. The molecule has 0 atom stereocenters. The van der Waals surface area contributed by atoms with Crippen LogP contribution in [-0.2, 0) is 4.79 Å².